The Morgan fingerprint density at radius 2 is 1.76 bits per heavy atom. The lowest BCUT2D eigenvalue weighted by Crippen LogP contribution is -2.48. The van der Waals surface area contributed by atoms with Crippen molar-refractivity contribution in [3.8, 4) is 5.75 Å². The van der Waals surface area contributed by atoms with E-state index in [2.05, 4.69) is 59.4 Å². The second kappa shape index (κ2) is 9.57. The van der Waals surface area contributed by atoms with Gasteiger partial charge in [0.1, 0.15) is 16.9 Å². The van der Waals surface area contributed by atoms with Crippen molar-refractivity contribution in [2.45, 2.75) is 57.8 Å². The minimum atomic E-state index is -0.660. The first-order valence-electron chi connectivity index (χ1n) is 9.96. The van der Waals surface area contributed by atoms with E-state index >= 15 is 0 Å². The summed E-state index contributed by atoms with van der Waals surface area (Å²) in [5, 5.41) is 14.6. The van der Waals surface area contributed by atoms with Crippen molar-refractivity contribution < 1.29 is 9.84 Å². The molecule has 0 saturated heterocycles. The van der Waals surface area contributed by atoms with Gasteiger partial charge >= 0.3 is 0 Å². The highest BCUT2D eigenvalue weighted by Gasteiger charge is 2.29. The molecule has 0 aliphatic heterocycles. The molecule has 158 valence electrons. The van der Waals surface area contributed by atoms with Crippen molar-refractivity contribution in [2.75, 3.05) is 6.54 Å². The number of benzene rings is 2. The van der Waals surface area contributed by atoms with E-state index < -0.39 is 12.2 Å². The average molecular weight is 501 g/mol. The van der Waals surface area contributed by atoms with Gasteiger partial charge < -0.3 is 15.2 Å². The number of ether oxygens (including phenoxy) is 1. The third-order valence-corrected chi connectivity index (χ3v) is 7.29. The van der Waals surface area contributed by atoms with Gasteiger partial charge in [-0.05, 0) is 85.1 Å². The molecule has 1 aliphatic rings. The lowest BCUT2D eigenvalue weighted by atomic mass is 9.88. The van der Waals surface area contributed by atoms with E-state index in [0.717, 1.165) is 19.3 Å². The quantitative estimate of drug-likeness (QED) is 0.433. The van der Waals surface area contributed by atoms with Gasteiger partial charge in [-0.15, -0.1) is 0 Å². The summed E-state index contributed by atoms with van der Waals surface area (Å²) in [4.78, 5) is 0. The van der Waals surface area contributed by atoms with Crippen LogP contribution in [0.25, 0.3) is 0 Å². The number of fused-ring (bicyclic) bond motifs is 1. The van der Waals surface area contributed by atoms with Crippen LogP contribution in [0.3, 0.4) is 0 Å². The van der Waals surface area contributed by atoms with Crippen molar-refractivity contribution in [2.24, 2.45) is 5.92 Å². The zero-order valence-electron chi connectivity index (χ0n) is 17.0. The topological polar surface area (TPSA) is 41.5 Å². The summed E-state index contributed by atoms with van der Waals surface area (Å²) in [5.41, 5.74) is 2.87. The fraction of sp³-hybridized carbons (Fsp3) is 0.478. The molecule has 3 nitrogen and oxygen atoms in total. The van der Waals surface area contributed by atoms with Crippen molar-refractivity contribution in [1.29, 1.82) is 0 Å². The van der Waals surface area contributed by atoms with Crippen LogP contribution in [0.1, 0.15) is 38.3 Å². The number of halogens is 3. The molecule has 2 aromatic carbocycles. The predicted molar refractivity (Wildman–Crippen MR) is 124 cm³/mol. The lowest BCUT2D eigenvalue weighted by molar-refractivity contribution is 0.0434. The maximum absolute atomic E-state index is 10.2. The fourth-order valence-electron chi connectivity index (χ4n) is 4.04. The number of hydrogen-bond acceptors (Lipinski definition) is 3. The Kier molecular flexibility index (Phi) is 7.56. The van der Waals surface area contributed by atoms with E-state index in [1.54, 1.807) is 19.1 Å². The summed E-state index contributed by atoms with van der Waals surface area (Å²) < 4.78 is 6.72. The number of aliphatic hydroxyl groups is 1. The molecule has 2 N–H and O–H groups in total. The summed E-state index contributed by atoms with van der Waals surface area (Å²) in [7, 11) is 0. The van der Waals surface area contributed by atoms with Crippen LogP contribution < -0.4 is 10.1 Å². The molecule has 0 radical (unpaired) electrons. The van der Waals surface area contributed by atoms with Gasteiger partial charge in [0.25, 0.3) is 0 Å². The average Bonchev–Trinajstić information content (AvgIpc) is 3.06. The maximum atomic E-state index is 10.2. The highest BCUT2D eigenvalue weighted by atomic mass is 79.9. The summed E-state index contributed by atoms with van der Waals surface area (Å²) in [5.74, 6) is 1.09. The first-order valence-corrected chi connectivity index (χ1v) is 11.5. The van der Waals surface area contributed by atoms with E-state index in [0.29, 0.717) is 32.7 Å². The molecule has 6 heteroatoms. The molecule has 0 saturated carbocycles. The van der Waals surface area contributed by atoms with Crippen LogP contribution in [0.4, 0.5) is 0 Å². The van der Waals surface area contributed by atoms with Gasteiger partial charge in [0, 0.05) is 16.6 Å². The second-order valence-electron chi connectivity index (χ2n) is 8.58. The molecular weight excluding hydrogens is 473 g/mol. The summed E-state index contributed by atoms with van der Waals surface area (Å²) in [6, 6.07) is 12.3. The van der Waals surface area contributed by atoms with Gasteiger partial charge in [0.2, 0.25) is 0 Å². The van der Waals surface area contributed by atoms with Crippen molar-refractivity contribution >= 4 is 39.1 Å². The summed E-state index contributed by atoms with van der Waals surface area (Å²) in [6.07, 6.45) is 2.21. The Morgan fingerprint density at radius 1 is 1.14 bits per heavy atom. The largest absolute Gasteiger partial charge is 0.485 e. The van der Waals surface area contributed by atoms with Crippen LogP contribution in [-0.2, 0) is 12.8 Å². The van der Waals surface area contributed by atoms with E-state index in [4.69, 9.17) is 27.9 Å². The Bertz CT molecular complexity index is 832. The van der Waals surface area contributed by atoms with E-state index in [9.17, 15) is 5.11 Å². The molecule has 0 heterocycles. The van der Waals surface area contributed by atoms with Gasteiger partial charge in [-0.1, -0.05) is 47.5 Å². The highest BCUT2D eigenvalue weighted by Crippen LogP contribution is 2.38. The minimum absolute atomic E-state index is 0.0790. The Labute approximate surface area is 191 Å². The molecule has 29 heavy (non-hydrogen) atoms. The number of rotatable bonds is 8. The molecule has 2 atom stereocenters. The fourth-order valence-corrected chi connectivity index (χ4v) is 4.85. The zero-order valence-corrected chi connectivity index (χ0v) is 20.1. The van der Waals surface area contributed by atoms with E-state index in [1.807, 2.05) is 0 Å². The Morgan fingerprint density at radius 3 is 2.34 bits per heavy atom. The van der Waals surface area contributed by atoms with Crippen molar-refractivity contribution in [3.05, 3.63) is 62.0 Å². The van der Waals surface area contributed by atoms with Gasteiger partial charge in [-0.2, -0.15) is 0 Å². The van der Waals surface area contributed by atoms with Gasteiger partial charge in [0.05, 0.1) is 11.1 Å². The highest BCUT2D eigenvalue weighted by molar-refractivity contribution is 9.10. The number of aliphatic hydroxyl groups excluding tert-OH is 1. The zero-order chi connectivity index (χ0) is 21.2. The molecule has 0 fully saturated rings. The lowest BCUT2D eigenvalue weighted by Gasteiger charge is -2.32. The first kappa shape index (κ1) is 22.9. The Balaban J connectivity index is 1.59. The van der Waals surface area contributed by atoms with E-state index in [1.165, 1.54) is 11.1 Å². The third kappa shape index (κ3) is 5.89. The Hall–Kier alpha value is -0.780. The number of nitrogens with one attached hydrogen (secondary N) is 1. The van der Waals surface area contributed by atoms with Crippen molar-refractivity contribution in [3.63, 3.8) is 0 Å². The predicted octanol–water partition coefficient (Wildman–Crippen LogP) is 6.06. The first-order chi connectivity index (χ1) is 13.7. The van der Waals surface area contributed by atoms with Crippen LogP contribution in [0.5, 0.6) is 5.75 Å². The summed E-state index contributed by atoms with van der Waals surface area (Å²) >= 11 is 15.8. The van der Waals surface area contributed by atoms with Crippen LogP contribution in [0.2, 0.25) is 10.0 Å². The van der Waals surface area contributed by atoms with Gasteiger partial charge in [-0.3, -0.25) is 0 Å². The second-order valence-corrected chi connectivity index (χ2v) is 10.2. The maximum Gasteiger partial charge on any atom is 0.140 e. The molecular formula is C23H28BrCl2NO2. The minimum Gasteiger partial charge on any atom is -0.485 e. The SMILES string of the molecule is CC(O)C(CNC(C)(C)CC1Cc2ccccc2C1)Oc1ccc(Br)c(Cl)c1Cl. The molecule has 0 spiro atoms. The molecule has 0 amide bonds. The summed E-state index contributed by atoms with van der Waals surface area (Å²) in [6.45, 7) is 6.65. The molecule has 3 rings (SSSR count). The van der Waals surface area contributed by atoms with Crippen molar-refractivity contribution in [1.82, 2.24) is 5.32 Å². The smallest absolute Gasteiger partial charge is 0.140 e. The molecule has 0 aromatic heterocycles. The molecule has 2 unspecified atom stereocenters. The third-order valence-electron chi connectivity index (χ3n) is 5.53. The van der Waals surface area contributed by atoms with Crippen LogP contribution in [0.15, 0.2) is 40.9 Å². The standard InChI is InChI=1S/C23H28BrCl2NO2/c1-14(28)20(29-19-9-8-18(24)21(25)22(19)26)13-27-23(2,3)12-15-10-16-6-4-5-7-17(16)11-15/h4-9,14-15,20,27-28H,10-13H2,1-3H3. The van der Waals surface area contributed by atoms with Gasteiger partial charge in [-0.25, -0.2) is 0 Å². The van der Waals surface area contributed by atoms with Crippen LogP contribution in [-0.4, -0.2) is 29.4 Å². The van der Waals surface area contributed by atoms with Gasteiger partial charge in [0.15, 0.2) is 0 Å². The normalized spacial score (nSPS) is 16.5. The molecule has 1 aliphatic carbocycles. The number of hydrogen-bond donors (Lipinski definition) is 2. The van der Waals surface area contributed by atoms with Crippen LogP contribution >= 0.6 is 39.1 Å². The van der Waals surface area contributed by atoms with Crippen LogP contribution in [0, 0.1) is 5.92 Å². The monoisotopic (exact) mass is 499 g/mol. The molecule has 0 bridgehead atoms. The molecule has 2 aromatic rings. The van der Waals surface area contributed by atoms with E-state index in [-0.39, 0.29) is 5.54 Å².